The molecule has 0 amide bonds. The Hall–Kier alpha value is -0.620. The number of ether oxygens (including phenoxy) is 1. The Morgan fingerprint density at radius 3 is 2.40 bits per heavy atom. The summed E-state index contributed by atoms with van der Waals surface area (Å²) in [6.07, 6.45) is -4.46. The molecule has 0 aromatic rings. The van der Waals surface area contributed by atoms with E-state index in [1.807, 2.05) is 0 Å². The van der Waals surface area contributed by atoms with Gasteiger partial charge in [-0.3, -0.25) is 4.99 Å². The van der Waals surface area contributed by atoms with Gasteiger partial charge < -0.3 is 9.84 Å². The van der Waals surface area contributed by atoms with E-state index in [0.717, 1.165) is 0 Å². The van der Waals surface area contributed by atoms with E-state index in [-0.39, 0.29) is 0 Å². The smallest absolute Gasteiger partial charge is 0.354 e. The zero-order valence-corrected chi connectivity index (χ0v) is 4.72. The number of halogens is 3. The Bertz CT molecular complexity index is 166. The highest BCUT2D eigenvalue weighted by atomic mass is 19.4. The van der Waals surface area contributed by atoms with Crippen LogP contribution in [0.4, 0.5) is 13.2 Å². The van der Waals surface area contributed by atoms with Gasteiger partial charge in [0.2, 0.25) is 0 Å². The van der Waals surface area contributed by atoms with Crippen LogP contribution < -0.4 is 0 Å². The fourth-order valence-electron chi connectivity index (χ4n) is 0.489. The van der Waals surface area contributed by atoms with Gasteiger partial charge in [-0.2, -0.15) is 13.2 Å². The lowest BCUT2D eigenvalue weighted by Crippen LogP contribution is -2.46. The molecule has 3 nitrogen and oxygen atoms in total. The molecule has 10 heavy (non-hydrogen) atoms. The molecule has 1 aliphatic heterocycles. The standard InChI is InChI=1S/C4H4F3NO2/c5-4(6,7)3(9)1-8-2-10-3/h1,9H,2H2. The van der Waals surface area contributed by atoms with Crippen molar-refractivity contribution in [3.05, 3.63) is 0 Å². The number of hydrogen-bond acceptors (Lipinski definition) is 3. The highest BCUT2D eigenvalue weighted by molar-refractivity contribution is 5.68. The highest BCUT2D eigenvalue weighted by Crippen LogP contribution is 2.31. The highest BCUT2D eigenvalue weighted by Gasteiger charge is 2.56. The minimum atomic E-state index is -4.80. The average molecular weight is 155 g/mol. The maximum absolute atomic E-state index is 11.7. The van der Waals surface area contributed by atoms with E-state index in [9.17, 15) is 13.2 Å². The fraction of sp³-hybridized carbons (Fsp3) is 0.750. The van der Waals surface area contributed by atoms with Crippen molar-refractivity contribution < 1.29 is 23.0 Å². The molecule has 1 atom stereocenters. The van der Waals surface area contributed by atoms with Crippen LogP contribution in [0.3, 0.4) is 0 Å². The lowest BCUT2D eigenvalue weighted by molar-refractivity contribution is -0.319. The van der Waals surface area contributed by atoms with Crippen LogP contribution in [0.2, 0.25) is 0 Å². The second-order valence-electron chi connectivity index (χ2n) is 1.78. The number of rotatable bonds is 0. The predicted molar refractivity (Wildman–Crippen MR) is 25.4 cm³/mol. The summed E-state index contributed by atoms with van der Waals surface area (Å²) in [6, 6.07) is 0. The molecule has 1 aliphatic rings. The van der Waals surface area contributed by atoms with Crippen LogP contribution in [0.5, 0.6) is 0 Å². The molecule has 1 heterocycles. The molecule has 1 N–H and O–H groups in total. The van der Waals surface area contributed by atoms with E-state index >= 15 is 0 Å². The van der Waals surface area contributed by atoms with Gasteiger partial charge in [0.15, 0.2) is 0 Å². The first kappa shape index (κ1) is 7.49. The van der Waals surface area contributed by atoms with Crippen molar-refractivity contribution in [2.75, 3.05) is 6.73 Å². The van der Waals surface area contributed by atoms with E-state index in [1.54, 1.807) is 0 Å². The van der Waals surface area contributed by atoms with E-state index < -0.39 is 18.7 Å². The lowest BCUT2D eigenvalue weighted by atomic mass is 10.3. The van der Waals surface area contributed by atoms with E-state index in [4.69, 9.17) is 5.11 Å². The molecule has 1 unspecified atom stereocenters. The normalized spacial score (nSPS) is 33.2. The largest absolute Gasteiger partial charge is 0.449 e. The molecule has 0 fully saturated rings. The third-order valence-corrected chi connectivity index (χ3v) is 1.03. The molecule has 0 aromatic carbocycles. The third-order valence-electron chi connectivity index (χ3n) is 1.03. The van der Waals surface area contributed by atoms with E-state index in [2.05, 4.69) is 9.73 Å². The zero-order valence-electron chi connectivity index (χ0n) is 4.72. The summed E-state index contributed by atoms with van der Waals surface area (Å²) in [4.78, 5) is 3.09. The molecule has 0 saturated heterocycles. The first-order chi connectivity index (χ1) is 4.46. The van der Waals surface area contributed by atoms with Gasteiger partial charge in [0, 0.05) is 0 Å². The summed E-state index contributed by atoms with van der Waals surface area (Å²) >= 11 is 0. The van der Waals surface area contributed by atoms with Crippen molar-refractivity contribution in [1.29, 1.82) is 0 Å². The van der Waals surface area contributed by atoms with Crippen LogP contribution >= 0.6 is 0 Å². The maximum Gasteiger partial charge on any atom is 0.449 e. The monoisotopic (exact) mass is 155 g/mol. The van der Waals surface area contributed by atoms with Crippen molar-refractivity contribution in [2.45, 2.75) is 12.0 Å². The fourth-order valence-corrected chi connectivity index (χ4v) is 0.489. The van der Waals surface area contributed by atoms with Gasteiger partial charge >= 0.3 is 12.0 Å². The number of alkyl halides is 3. The van der Waals surface area contributed by atoms with Crippen molar-refractivity contribution in [2.24, 2.45) is 4.99 Å². The molecule has 1 rings (SSSR count). The first-order valence-electron chi connectivity index (χ1n) is 2.40. The summed E-state index contributed by atoms with van der Waals surface area (Å²) in [5.41, 5.74) is 0. The molecule has 0 bridgehead atoms. The number of aliphatic hydroxyl groups is 1. The van der Waals surface area contributed by atoms with Gasteiger partial charge in [-0.15, -0.1) is 0 Å². The molecule has 6 heteroatoms. The topological polar surface area (TPSA) is 41.8 Å². The van der Waals surface area contributed by atoms with Crippen LogP contribution in [0.25, 0.3) is 0 Å². The summed E-state index contributed by atoms with van der Waals surface area (Å²) in [5.74, 6) is -3.16. The first-order valence-corrected chi connectivity index (χ1v) is 2.40. The molecule has 0 radical (unpaired) electrons. The van der Waals surface area contributed by atoms with E-state index in [0.29, 0.717) is 6.21 Å². The van der Waals surface area contributed by atoms with E-state index in [1.165, 1.54) is 0 Å². The quantitative estimate of drug-likeness (QED) is 0.546. The third kappa shape index (κ3) is 0.994. The summed E-state index contributed by atoms with van der Waals surface area (Å²) in [7, 11) is 0. The Morgan fingerprint density at radius 1 is 1.60 bits per heavy atom. The van der Waals surface area contributed by atoms with Gasteiger partial charge in [-0.1, -0.05) is 0 Å². The summed E-state index contributed by atoms with van der Waals surface area (Å²) in [6.45, 7) is -0.448. The Balaban J connectivity index is 2.78. The molecule has 0 aromatic heterocycles. The van der Waals surface area contributed by atoms with Crippen LogP contribution in [0.1, 0.15) is 0 Å². The summed E-state index contributed by atoms with van der Waals surface area (Å²) in [5, 5.41) is 8.53. The molecule has 0 aliphatic carbocycles. The number of aliphatic imine (C=N–C) groups is 1. The molecule has 0 spiro atoms. The van der Waals surface area contributed by atoms with Crippen molar-refractivity contribution >= 4 is 6.21 Å². The maximum atomic E-state index is 11.7. The average Bonchev–Trinajstić information content (AvgIpc) is 2.13. The van der Waals surface area contributed by atoms with Crippen LogP contribution in [-0.4, -0.2) is 30.0 Å². The lowest BCUT2D eigenvalue weighted by Gasteiger charge is -2.20. The molecular formula is C4H4F3NO2. The van der Waals surface area contributed by atoms with Crippen LogP contribution in [0, 0.1) is 0 Å². The van der Waals surface area contributed by atoms with Crippen molar-refractivity contribution in [1.82, 2.24) is 0 Å². The molecular weight excluding hydrogens is 151 g/mol. The number of nitrogens with zero attached hydrogens (tertiary/aromatic N) is 1. The van der Waals surface area contributed by atoms with Gasteiger partial charge in [-0.05, 0) is 0 Å². The van der Waals surface area contributed by atoms with Gasteiger partial charge in [0.05, 0.1) is 6.21 Å². The van der Waals surface area contributed by atoms with Crippen LogP contribution in [0.15, 0.2) is 4.99 Å². The second-order valence-corrected chi connectivity index (χ2v) is 1.78. The van der Waals surface area contributed by atoms with Gasteiger partial charge in [0.1, 0.15) is 6.73 Å². The minimum absolute atomic E-state index is 0.340. The zero-order chi connectivity index (χ0) is 7.83. The van der Waals surface area contributed by atoms with Gasteiger partial charge in [-0.25, -0.2) is 0 Å². The SMILES string of the molecule is OC1(C(F)(F)F)C=NCO1. The van der Waals surface area contributed by atoms with Crippen molar-refractivity contribution in [3.8, 4) is 0 Å². The Labute approximate surface area is 54.1 Å². The second kappa shape index (κ2) is 1.93. The van der Waals surface area contributed by atoms with Gasteiger partial charge in [0.25, 0.3) is 0 Å². The van der Waals surface area contributed by atoms with Crippen molar-refractivity contribution in [3.63, 3.8) is 0 Å². The number of hydrogen-bond donors (Lipinski definition) is 1. The Morgan fingerprint density at radius 2 is 2.20 bits per heavy atom. The molecule has 58 valence electrons. The van der Waals surface area contributed by atoms with Crippen LogP contribution in [-0.2, 0) is 4.74 Å². The Kier molecular flexibility index (Phi) is 1.44. The predicted octanol–water partition coefficient (Wildman–Crippen LogP) is 0.296. The summed E-state index contributed by atoms with van der Waals surface area (Å²) < 4.78 is 38.9. The molecule has 0 saturated carbocycles. The minimum Gasteiger partial charge on any atom is -0.354 e.